The van der Waals surface area contributed by atoms with Crippen LogP contribution in [0.15, 0.2) is 36.0 Å². The van der Waals surface area contributed by atoms with Gasteiger partial charge in [0.25, 0.3) is 0 Å². The number of benzene rings is 1. The molecule has 5 heteroatoms. The van der Waals surface area contributed by atoms with Crippen molar-refractivity contribution in [1.82, 2.24) is 10.4 Å². The fourth-order valence-electron chi connectivity index (χ4n) is 1.81. The average molecular weight is 263 g/mol. The number of hydrazine groups is 1. The third-order valence-corrected chi connectivity index (χ3v) is 3.77. The summed E-state index contributed by atoms with van der Waals surface area (Å²) in [6, 6.07) is 8.29. The first-order valence-corrected chi connectivity index (χ1v) is 6.69. The van der Waals surface area contributed by atoms with Gasteiger partial charge in [-0.05, 0) is 30.5 Å². The minimum absolute atomic E-state index is 0.166. The van der Waals surface area contributed by atoms with Crippen LogP contribution in [0.1, 0.15) is 22.9 Å². The first kappa shape index (κ1) is 13.0. The van der Waals surface area contributed by atoms with Crippen molar-refractivity contribution in [1.29, 1.82) is 0 Å². The van der Waals surface area contributed by atoms with E-state index in [1.165, 1.54) is 10.4 Å². The van der Waals surface area contributed by atoms with Crippen LogP contribution in [0.25, 0.3) is 0 Å². The third kappa shape index (κ3) is 3.29. The van der Waals surface area contributed by atoms with E-state index in [1.54, 1.807) is 18.4 Å². The fraction of sp³-hybridized carbons (Fsp3) is 0.308. The smallest absolute Gasteiger partial charge is 0.118 e. The lowest BCUT2D eigenvalue weighted by atomic mass is 10.0. The van der Waals surface area contributed by atoms with Crippen molar-refractivity contribution in [3.05, 3.63) is 46.4 Å². The summed E-state index contributed by atoms with van der Waals surface area (Å²) in [6.45, 7) is 0. The zero-order chi connectivity index (χ0) is 12.8. The van der Waals surface area contributed by atoms with Gasteiger partial charge >= 0.3 is 0 Å². The number of ether oxygens (including phenoxy) is 1. The quantitative estimate of drug-likeness (QED) is 0.620. The Hall–Kier alpha value is -1.43. The van der Waals surface area contributed by atoms with Gasteiger partial charge in [0, 0.05) is 11.1 Å². The summed E-state index contributed by atoms with van der Waals surface area (Å²) < 4.78 is 5.14. The van der Waals surface area contributed by atoms with Crippen molar-refractivity contribution in [2.75, 3.05) is 7.11 Å². The molecule has 0 bridgehead atoms. The number of nitrogens with one attached hydrogen (secondary N) is 1. The molecule has 2 rings (SSSR count). The maximum absolute atomic E-state index is 5.58. The molecular formula is C13H17N3OS. The maximum atomic E-state index is 5.58. The minimum Gasteiger partial charge on any atom is -0.497 e. The van der Waals surface area contributed by atoms with Gasteiger partial charge in [0.2, 0.25) is 0 Å². The lowest BCUT2D eigenvalue weighted by molar-refractivity contribution is 0.414. The summed E-state index contributed by atoms with van der Waals surface area (Å²) in [5.41, 5.74) is 5.95. The van der Waals surface area contributed by atoms with Gasteiger partial charge in [-0.25, -0.2) is 0 Å². The van der Waals surface area contributed by atoms with Crippen molar-refractivity contribution >= 4 is 11.3 Å². The second-order valence-corrected chi connectivity index (χ2v) is 4.93. The maximum Gasteiger partial charge on any atom is 0.118 e. The van der Waals surface area contributed by atoms with E-state index in [-0.39, 0.29) is 6.04 Å². The van der Waals surface area contributed by atoms with Crippen LogP contribution < -0.4 is 16.0 Å². The van der Waals surface area contributed by atoms with Gasteiger partial charge in [-0.3, -0.25) is 16.3 Å². The highest BCUT2D eigenvalue weighted by Crippen LogP contribution is 2.22. The molecule has 0 fully saturated rings. The highest BCUT2D eigenvalue weighted by atomic mass is 32.1. The zero-order valence-electron chi connectivity index (χ0n) is 10.3. The molecule has 0 aliphatic rings. The Kier molecular flexibility index (Phi) is 4.69. The molecule has 2 aromatic rings. The molecular weight excluding hydrogens is 246 g/mol. The van der Waals surface area contributed by atoms with Crippen LogP contribution in [0.3, 0.4) is 0 Å². The number of nitrogens with zero attached hydrogens (tertiary/aromatic N) is 1. The fourth-order valence-corrected chi connectivity index (χ4v) is 2.52. The van der Waals surface area contributed by atoms with Gasteiger partial charge in [-0.1, -0.05) is 12.1 Å². The molecule has 18 heavy (non-hydrogen) atoms. The van der Waals surface area contributed by atoms with E-state index in [0.29, 0.717) is 0 Å². The molecule has 0 saturated carbocycles. The molecule has 0 aliphatic heterocycles. The van der Waals surface area contributed by atoms with Gasteiger partial charge in [-0.2, -0.15) is 0 Å². The highest BCUT2D eigenvalue weighted by molar-refractivity contribution is 7.09. The Morgan fingerprint density at radius 1 is 1.39 bits per heavy atom. The van der Waals surface area contributed by atoms with Crippen LogP contribution in [0.2, 0.25) is 0 Å². The molecule has 0 saturated heterocycles. The second-order valence-electron chi connectivity index (χ2n) is 4.01. The third-order valence-electron chi connectivity index (χ3n) is 2.88. The highest BCUT2D eigenvalue weighted by Gasteiger charge is 2.11. The van der Waals surface area contributed by atoms with Crippen molar-refractivity contribution in [3.63, 3.8) is 0 Å². The molecule has 0 aliphatic carbocycles. The van der Waals surface area contributed by atoms with Gasteiger partial charge in [0.1, 0.15) is 5.75 Å². The number of hydrogen-bond acceptors (Lipinski definition) is 5. The largest absolute Gasteiger partial charge is 0.497 e. The van der Waals surface area contributed by atoms with E-state index >= 15 is 0 Å². The lowest BCUT2D eigenvalue weighted by Gasteiger charge is -2.13. The molecule has 4 nitrogen and oxygen atoms in total. The van der Waals surface area contributed by atoms with E-state index in [1.807, 2.05) is 23.8 Å². The number of thiazole rings is 1. The molecule has 1 heterocycles. The number of hydrogen-bond donors (Lipinski definition) is 2. The summed E-state index contributed by atoms with van der Waals surface area (Å²) in [5, 5.41) is 0. The van der Waals surface area contributed by atoms with Crippen LogP contribution in [0.4, 0.5) is 0 Å². The van der Waals surface area contributed by atoms with Gasteiger partial charge in [-0.15, -0.1) is 11.3 Å². The Labute approximate surface area is 111 Å². The Morgan fingerprint density at radius 3 is 2.72 bits per heavy atom. The van der Waals surface area contributed by atoms with Crippen LogP contribution in [0, 0.1) is 0 Å². The molecule has 0 amide bonds. The average Bonchev–Trinajstić information content (AvgIpc) is 2.94. The van der Waals surface area contributed by atoms with E-state index in [2.05, 4.69) is 22.5 Å². The summed E-state index contributed by atoms with van der Waals surface area (Å²) in [7, 11) is 1.67. The number of aryl methyl sites for hydroxylation is 1. The monoisotopic (exact) mass is 263 g/mol. The summed E-state index contributed by atoms with van der Waals surface area (Å²) in [5.74, 6) is 6.47. The topological polar surface area (TPSA) is 60.2 Å². The normalized spacial score (nSPS) is 12.3. The van der Waals surface area contributed by atoms with E-state index in [0.717, 1.165) is 18.6 Å². The van der Waals surface area contributed by atoms with E-state index in [9.17, 15) is 0 Å². The second kappa shape index (κ2) is 6.49. The predicted molar refractivity (Wildman–Crippen MR) is 73.5 cm³/mol. The SMILES string of the molecule is COc1ccc(CCC(NN)c2cncs2)cc1. The van der Waals surface area contributed by atoms with Gasteiger partial charge in [0.05, 0.1) is 18.7 Å². The van der Waals surface area contributed by atoms with Crippen LogP contribution in [0.5, 0.6) is 5.75 Å². The van der Waals surface area contributed by atoms with Gasteiger partial charge < -0.3 is 4.74 Å². The van der Waals surface area contributed by atoms with Gasteiger partial charge in [0.15, 0.2) is 0 Å². The van der Waals surface area contributed by atoms with E-state index in [4.69, 9.17) is 10.6 Å². The predicted octanol–water partition coefficient (Wildman–Crippen LogP) is 2.29. The van der Waals surface area contributed by atoms with E-state index < -0.39 is 0 Å². The minimum atomic E-state index is 0.166. The summed E-state index contributed by atoms with van der Waals surface area (Å²) in [4.78, 5) is 5.25. The Balaban J connectivity index is 1.93. The number of aromatic nitrogens is 1. The van der Waals surface area contributed by atoms with Crippen molar-refractivity contribution in [2.24, 2.45) is 5.84 Å². The van der Waals surface area contributed by atoms with Crippen LogP contribution in [-0.2, 0) is 6.42 Å². The first-order chi connectivity index (χ1) is 8.83. The van der Waals surface area contributed by atoms with Crippen LogP contribution in [-0.4, -0.2) is 12.1 Å². The molecule has 1 atom stereocenters. The molecule has 0 spiro atoms. The molecule has 0 radical (unpaired) electrons. The first-order valence-electron chi connectivity index (χ1n) is 5.81. The number of nitrogens with two attached hydrogens (primary N) is 1. The zero-order valence-corrected chi connectivity index (χ0v) is 11.1. The lowest BCUT2D eigenvalue weighted by Crippen LogP contribution is -2.27. The van der Waals surface area contributed by atoms with Crippen LogP contribution >= 0.6 is 11.3 Å². The standard InChI is InChI=1S/C13H17N3OS/c1-17-11-5-2-10(3-6-11)4-7-12(16-14)13-8-15-9-18-13/h2-3,5-6,8-9,12,16H,4,7,14H2,1H3. The van der Waals surface area contributed by atoms with Crippen molar-refractivity contribution in [3.8, 4) is 5.75 Å². The summed E-state index contributed by atoms with van der Waals surface area (Å²) >= 11 is 1.62. The molecule has 96 valence electrons. The molecule has 3 N–H and O–H groups in total. The summed E-state index contributed by atoms with van der Waals surface area (Å²) in [6.07, 6.45) is 3.78. The number of methoxy groups -OCH3 is 1. The van der Waals surface area contributed by atoms with Crippen molar-refractivity contribution < 1.29 is 4.74 Å². The Morgan fingerprint density at radius 2 is 2.17 bits per heavy atom. The molecule has 1 aromatic carbocycles. The van der Waals surface area contributed by atoms with Crippen molar-refractivity contribution in [2.45, 2.75) is 18.9 Å². The number of rotatable bonds is 6. The molecule has 1 unspecified atom stereocenters. The molecule has 1 aromatic heterocycles. The Bertz CT molecular complexity index is 456.